The highest BCUT2D eigenvalue weighted by Crippen LogP contribution is 2.34. The number of carbonyl (C=O) groups excluding carboxylic acids is 3. The molecular formula is C22H17F3N2O7. The minimum Gasteiger partial charge on any atom is -0.493 e. The Balaban J connectivity index is 1.77. The molecule has 0 saturated heterocycles. The summed E-state index contributed by atoms with van der Waals surface area (Å²) in [7, 11) is 2.66. The third-order valence-corrected chi connectivity index (χ3v) is 4.38. The second-order valence-electron chi connectivity index (χ2n) is 6.53. The first-order valence-corrected chi connectivity index (χ1v) is 9.46. The van der Waals surface area contributed by atoms with Crippen LogP contribution in [0.1, 0.15) is 20.9 Å². The molecule has 0 aliphatic rings. The van der Waals surface area contributed by atoms with E-state index in [0.717, 1.165) is 6.07 Å². The summed E-state index contributed by atoms with van der Waals surface area (Å²) in [5.74, 6) is -7.31. The van der Waals surface area contributed by atoms with Crippen LogP contribution in [0.3, 0.4) is 0 Å². The molecule has 3 aromatic rings. The quantitative estimate of drug-likeness (QED) is 0.374. The van der Waals surface area contributed by atoms with Crippen LogP contribution in [0.2, 0.25) is 0 Å². The van der Waals surface area contributed by atoms with Crippen LogP contribution in [-0.2, 0) is 9.53 Å². The zero-order valence-electron chi connectivity index (χ0n) is 17.7. The van der Waals surface area contributed by atoms with Gasteiger partial charge in [0.15, 0.2) is 41.3 Å². The maximum atomic E-state index is 13.7. The van der Waals surface area contributed by atoms with Crippen LogP contribution in [0.4, 0.5) is 24.5 Å². The van der Waals surface area contributed by atoms with Gasteiger partial charge in [0.1, 0.15) is 0 Å². The zero-order chi connectivity index (χ0) is 24.8. The molecule has 0 fully saturated rings. The van der Waals surface area contributed by atoms with Crippen LogP contribution in [0.15, 0.2) is 47.1 Å². The number of halogens is 3. The normalized spacial score (nSPS) is 10.4. The Labute approximate surface area is 190 Å². The topological polar surface area (TPSA) is 116 Å². The van der Waals surface area contributed by atoms with E-state index in [1.807, 2.05) is 5.32 Å². The van der Waals surface area contributed by atoms with Crippen LogP contribution in [0.25, 0.3) is 0 Å². The van der Waals surface area contributed by atoms with Crippen LogP contribution in [0.5, 0.6) is 11.5 Å². The second-order valence-corrected chi connectivity index (χ2v) is 6.53. The van der Waals surface area contributed by atoms with E-state index in [1.54, 1.807) is 0 Å². The van der Waals surface area contributed by atoms with E-state index >= 15 is 0 Å². The van der Waals surface area contributed by atoms with Crippen molar-refractivity contribution in [1.82, 2.24) is 0 Å². The van der Waals surface area contributed by atoms with E-state index in [-0.39, 0.29) is 28.5 Å². The standard InChI is InChI=1S/C22H17F3N2O7/c1-31-16-8-11(14(9-17(16)32-2)27-21(29)15-4-3-7-33-15)22(30)34-10-18(28)26-13-6-5-12(23)19(24)20(13)25/h3-9H,10H2,1-2H3,(H,26,28)(H,27,29). The third-order valence-electron chi connectivity index (χ3n) is 4.38. The molecule has 9 nitrogen and oxygen atoms in total. The maximum Gasteiger partial charge on any atom is 0.340 e. The lowest BCUT2D eigenvalue weighted by Gasteiger charge is -2.15. The van der Waals surface area contributed by atoms with Gasteiger partial charge in [0.25, 0.3) is 11.8 Å². The number of furan rings is 1. The van der Waals surface area contributed by atoms with Crippen molar-refractivity contribution < 1.29 is 46.2 Å². The van der Waals surface area contributed by atoms with Crippen LogP contribution < -0.4 is 20.1 Å². The highest BCUT2D eigenvalue weighted by Gasteiger charge is 2.22. The summed E-state index contributed by atoms with van der Waals surface area (Å²) in [6.45, 7) is -0.906. The van der Waals surface area contributed by atoms with Gasteiger partial charge in [-0.25, -0.2) is 18.0 Å². The van der Waals surface area contributed by atoms with Crippen molar-refractivity contribution in [3.63, 3.8) is 0 Å². The number of hydrogen-bond acceptors (Lipinski definition) is 7. The van der Waals surface area contributed by atoms with E-state index in [0.29, 0.717) is 6.07 Å². The summed E-state index contributed by atoms with van der Waals surface area (Å²) in [4.78, 5) is 37.1. The van der Waals surface area contributed by atoms with Gasteiger partial charge in [-0.1, -0.05) is 0 Å². The number of hydrogen-bond donors (Lipinski definition) is 2. The Morgan fingerprint density at radius 2 is 1.62 bits per heavy atom. The molecule has 0 bridgehead atoms. The van der Waals surface area contributed by atoms with Crippen molar-refractivity contribution in [2.45, 2.75) is 0 Å². The van der Waals surface area contributed by atoms with Crippen LogP contribution in [0, 0.1) is 17.5 Å². The first-order valence-electron chi connectivity index (χ1n) is 9.46. The number of methoxy groups -OCH3 is 2. The predicted molar refractivity (Wildman–Crippen MR) is 111 cm³/mol. The Morgan fingerprint density at radius 3 is 2.26 bits per heavy atom. The molecule has 2 N–H and O–H groups in total. The minimum absolute atomic E-state index is 0.0398. The molecule has 0 aliphatic heterocycles. The molecule has 0 saturated carbocycles. The molecule has 34 heavy (non-hydrogen) atoms. The molecule has 12 heteroatoms. The van der Waals surface area contributed by atoms with Gasteiger partial charge in [-0.3, -0.25) is 9.59 Å². The number of anilines is 2. The molecule has 1 aromatic heterocycles. The van der Waals surface area contributed by atoms with E-state index in [1.165, 1.54) is 44.7 Å². The number of ether oxygens (including phenoxy) is 3. The van der Waals surface area contributed by atoms with E-state index < -0.39 is 47.5 Å². The minimum atomic E-state index is -1.77. The average molecular weight is 478 g/mol. The summed E-state index contributed by atoms with van der Waals surface area (Å²) >= 11 is 0. The van der Waals surface area contributed by atoms with Gasteiger partial charge < -0.3 is 29.3 Å². The van der Waals surface area contributed by atoms with Gasteiger partial charge in [0.2, 0.25) is 0 Å². The van der Waals surface area contributed by atoms with Crippen molar-refractivity contribution in [3.05, 3.63) is 71.4 Å². The first kappa shape index (κ1) is 24.2. The number of amides is 2. The molecular weight excluding hydrogens is 461 g/mol. The molecule has 3 rings (SSSR count). The lowest BCUT2D eigenvalue weighted by Crippen LogP contribution is -2.23. The highest BCUT2D eigenvalue weighted by atomic mass is 19.2. The number of rotatable bonds is 8. The Kier molecular flexibility index (Phi) is 7.41. The Hall–Kier alpha value is -4.48. The summed E-state index contributed by atoms with van der Waals surface area (Å²) < 4.78 is 60.3. The fourth-order valence-corrected chi connectivity index (χ4v) is 2.76. The summed E-state index contributed by atoms with van der Waals surface area (Å²) in [6.07, 6.45) is 1.28. The first-order chi connectivity index (χ1) is 16.2. The lowest BCUT2D eigenvalue weighted by atomic mass is 10.1. The molecule has 178 valence electrons. The Bertz CT molecular complexity index is 1230. The zero-order valence-corrected chi connectivity index (χ0v) is 17.7. The Morgan fingerprint density at radius 1 is 0.912 bits per heavy atom. The third kappa shape index (κ3) is 5.28. The molecule has 2 aromatic carbocycles. The van der Waals surface area contributed by atoms with Gasteiger partial charge in [0.05, 0.1) is 37.4 Å². The lowest BCUT2D eigenvalue weighted by molar-refractivity contribution is -0.119. The molecule has 0 spiro atoms. The molecule has 0 atom stereocenters. The molecule has 0 unspecified atom stereocenters. The van der Waals surface area contributed by atoms with Crippen molar-refractivity contribution >= 4 is 29.2 Å². The molecule has 1 heterocycles. The predicted octanol–water partition coefficient (Wildman–Crippen LogP) is 3.76. The number of carbonyl (C=O) groups is 3. The molecule has 0 radical (unpaired) electrons. The van der Waals surface area contributed by atoms with Gasteiger partial charge in [0, 0.05) is 12.1 Å². The monoisotopic (exact) mass is 478 g/mol. The van der Waals surface area contributed by atoms with Crippen molar-refractivity contribution in [3.8, 4) is 11.5 Å². The van der Waals surface area contributed by atoms with Crippen LogP contribution >= 0.6 is 0 Å². The van der Waals surface area contributed by atoms with Gasteiger partial charge in [-0.2, -0.15) is 0 Å². The molecule has 0 aliphatic carbocycles. The van der Waals surface area contributed by atoms with Crippen molar-refractivity contribution in [2.24, 2.45) is 0 Å². The summed E-state index contributed by atoms with van der Waals surface area (Å²) in [5.41, 5.74) is -0.891. The van der Waals surface area contributed by atoms with Crippen LogP contribution in [-0.4, -0.2) is 38.6 Å². The van der Waals surface area contributed by atoms with E-state index in [2.05, 4.69) is 5.32 Å². The maximum absolute atomic E-state index is 13.7. The van der Waals surface area contributed by atoms with Crippen molar-refractivity contribution in [2.75, 3.05) is 31.5 Å². The number of esters is 1. The van der Waals surface area contributed by atoms with Gasteiger partial charge >= 0.3 is 5.97 Å². The van der Waals surface area contributed by atoms with Gasteiger partial charge in [-0.15, -0.1) is 0 Å². The van der Waals surface area contributed by atoms with E-state index in [9.17, 15) is 27.6 Å². The SMILES string of the molecule is COc1cc(NC(=O)c2ccco2)c(C(=O)OCC(=O)Nc2ccc(F)c(F)c2F)cc1OC. The van der Waals surface area contributed by atoms with Gasteiger partial charge in [-0.05, 0) is 24.3 Å². The number of nitrogens with one attached hydrogen (secondary N) is 2. The fraction of sp³-hybridized carbons (Fsp3) is 0.136. The molecule has 2 amide bonds. The fourth-order valence-electron chi connectivity index (χ4n) is 2.76. The number of benzene rings is 2. The van der Waals surface area contributed by atoms with E-state index in [4.69, 9.17) is 18.6 Å². The summed E-state index contributed by atoms with van der Waals surface area (Å²) in [6, 6.07) is 6.84. The largest absolute Gasteiger partial charge is 0.493 e. The second kappa shape index (κ2) is 10.4. The average Bonchev–Trinajstić information content (AvgIpc) is 3.38. The smallest absolute Gasteiger partial charge is 0.340 e. The summed E-state index contributed by atoms with van der Waals surface area (Å²) in [5, 5.41) is 4.44. The highest BCUT2D eigenvalue weighted by molar-refractivity contribution is 6.07. The van der Waals surface area contributed by atoms with Crippen molar-refractivity contribution in [1.29, 1.82) is 0 Å².